The monoisotopic (exact) mass is 473 g/mol. The molecular weight excluding hydrogens is 450 g/mol. The Balaban J connectivity index is 1.38. The number of amides is 1. The number of fused-ring (bicyclic) bond motifs is 1. The fourth-order valence-electron chi connectivity index (χ4n) is 4.53. The minimum Gasteiger partial charge on any atom is -0.465 e. The van der Waals surface area contributed by atoms with Crippen molar-refractivity contribution in [3.8, 4) is 22.5 Å². The Hall–Kier alpha value is -3.97. The van der Waals surface area contributed by atoms with E-state index in [1.165, 1.54) is 0 Å². The fourth-order valence-corrected chi connectivity index (χ4v) is 5.57. The summed E-state index contributed by atoms with van der Waals surface area (Å²) in [5.41, 5.74) is 3.40. The molecule has 1 aliphatic carbocycles. The lowest BCUT2D eigenvalue weighted by molar-refractivity contribution is 0.185. The number of aromatic nitrogens is 4. The molecule has 34 heavy (non-hydrogen) atoms. The number of hydrogen-bond donors (Lipinski definition) is 3. The van der Waals surface area contributed by atoms with Gasteiger partial charge in [0.15, 0.2) is 5.01 Å². The van der Waals surface area contributed by atoms with E-state index in [1.54, 1.807) is 17.4 Å². The Morgan fingerprint density at radius 1 is 1.21 bits per heavy atom. The smallest absolute Gasteiger partial charge is 0.404 e. The number of nitrogens with one attached hydrogen (secondary N) is 2. The highest BCUT2D eigenvalue weighted by Crippen LogP contribution is 2.38. The predicted octanol–water partition coefficient (Wildman–Crippen LogP) is 4.75. The molecule has 1 amide bonds. The molecule has 5 rings (SSSR count). The van der Waals surface area contributed by atoms with Crippen molar-refractivity contribution < 1.29 is 9.90 Å². The van der Waals surface area contributed by atoms with Crippen LogP contribution in [-0.4, -0.2) is 44.0 Å². The van der Waals surface area contributed by atoms with Gasteiger partial charge in [-0.2, -0.15) is 5.26 Å². The molecule has 3 aromatic heterocycles. The van der Waals surface area contributed by atoms with Crippen molar-refractivity contribution in [1.29, 1.82) is 5.26 Å². The number of nitriles is 1. The summed E-state index contributed by atoms with van der Waals surface area (Å²) in [6.07, 6.45) is 6.21. The summed E-state index contributed by atoms with van der Waals surface area (Å²) < 4.78 is 2.00. The molecule has 4 aromatic rings. The van der Waals surface area contributed by atoms with Crippen molar-refractivity contribution in [2.45, 2.75) is 37.6 Å². The van der Waals surface area contributed by atoms with Crippen LogP contribution in [-0.2, 0) is 0 Å². The van der Waals surface area contributed by atoms with Gasteiger partial charge in [-0.25, -0.2) is 9.78 Å². The summed E-state index contributed by atoms with van der Waals surface area (Å²) >= 11 is 1.57. The number of pyridine rings is 1. The van der Waals surface area contributed by atoms with Crippen molar-refractivity contribution in [1.82, 2.24) is 25.1 Å². The van der Waals surface area contributed by atoms with Gasteiger partial charge >= 0.3 is 6.09 Å². The summed E-state index contributed by atoms with van der Waals surface area (Å²) in [6, 6.07) is 11.8. The normalized spacial score (nSPS) is 17.9. The molecule has 9 nitrogen and oxygen atoms in total. The molecule has 0 spiro atoms. The highest BCUT2D eigenvalue weighted by atomic mass is 32.1. The summed E-state index contributed by atoms with van der Waals surface area (Å²) in [5, 5.41) is 35.6. The first-order chi connectivity index (χ1) is 16.6. The molecule has 0 bridgehead atoms. The van der Waals surface area contributed by atoms with E-state index in [0.717, 1.165) is 63.7 Å². The number of anilines is 1. The molecule has 0 unspecified atom stereocenters. The number of nitrogens with zero attached hydrogens (tertiary/aromatic N) is 5. The average Bonchev–Trinajstić information content (AvgIpc) is 3.51. The van der Waals surface area contributed by atoms with E-state index in [9.17, 15) is 4.79 Å². The Bertz CT molecular complexity index is 1400. The van der Waals surface area contributed by atoms with E-state index in [2.05, 4.69) is 26.9 Å². The second kappa shape index (κ2) is 9.11. The minimum absolute atomic E-state index is 0.0186. The molecule has 1 fully saturated rings. The third kappa shape index (κ3) is 4.18. The second-order valence-electron chi connectivity index (χ2n) is 8.35. The molecule has 3 heterocycles. The molecule has 0 saturated heterocycles. The van der Waals surface area contributed by atoms with E-state index in [4.69, 9.17) is 15.4 Å². The van der Waals surface area contributed by atoms with Crippen LogP contribution in [0.5, 0.6) is 0 Å². The highest BCUT2D eigenvalue weighted by Gasteiger charge is 2.26. The number of hydrogen-bond acceptors (Lipinski definition) is 7. The van der Waals surface area contributed by atoms with Crippen LogP contribution in [0, 0.1) is 11.3 Å². The number of carbonyl (C=O) groups is 1. The summed E-state index contributed by atoms with van der Waals surface area (Å²) in [5.74, 6) is 1.06. The Morgan fingerprint density at radius 3 is 2.76 bits per heavy atom. The minimum atomic E-state index is -0.961. The maximum absolute atomic E-state index is 10.9. The average molecular weight is 474 g/mol. The van der Waals surface area contributed by atoms with E-state index >= 15 is 0 Å². The lowest BCUT2D eigenvalue weighted by Crippen LogP contribution is -2.36. The quantitative estimate of drug-likeness (QED) is 0.381. The van der Waals surface area contributed by atoms with Crippen LogP contribution < -0.4 is 10.6 Å². The van der Waals surface area contributed by atoms with Crippen LogP contribution in [0.1, 0.15) is 42.2 Å². The zero-order chi connectivity index (χ0) is 23.7. The van der Waals surface area contributed by atoms with E-state index in [0.29, 0.717) is 11.5 Å². The largest absolute Gasteiger partial charge is 0.465 e. The molecule has 0 aliphatic heterocycles. The van der Waals surface area contributed by atoms with E-state index in [-0.39, 0.29) is 6.04 Å². The Morgan fingerprint density at radius 2 is 2.03 bits per heavy atom. The van der Waals surface area contributed by atoms with Crippen LogP contribution >= 0.6 is 11.3 Å². The molecule has 0 radical (unpaired) electrons. The van der Waals surface area contributed by atoms with Gasteiger partial charge in [0, 0.05) is 48.5 Å². The topological polar surface area (TPSA) is 129 Å². The number of rotatable bonds is 5. The fraction of sp³-hybridized carbons (Fsp3) is 0.292. The number of benzene rings is 1. The van der Waals surface area contributed by atoms with Crippen molar-refractivity contribution in [2.75, 3.05) is 12.4 Å². The van der Waals surface area contributed by atoms with Crippen LogP contribution in [0.4, 0.5) is 10.5 Å². The Kier molecular flexibility index (Phi) is 5.86. The van der Waals surface area contributed by atoms with Crippen LogP contribution in [0.3, 0.4) is 0 Å². The van der Waals surface area contributed by atoms with E-state index in [1.807, 2.05) is 48.3 Å². The standard InChI is InChI=1S/C24H23N7O2S/c1-26-19-11-21(31-9-8-16-10-14(12-25)2-7-20(16)31)27-13-18(19)23-30-29-22(34-23)15-3-5-17(6-4-15)28-24(32)33/h2,7-11,13,15,17,28H,3-6H2,1H3,(H,26,27)(H,32,33)/t15-,17-. The maximum atomic E-state index is 10.9. The van der Waals surface area contributed by atoms with Crippen LogP contribution in [0.15, 0.2) is 42.7 Å². The van der Waals surface area contributed by atoms with Gasteiger partial charge in [-0.3, -0.25) is 0 Å². The first-order valence-electron chi connectivity index (χ1n) is 11.1. The summed E-state index contributed by atoms with van der Waals surface area (Å²) in [7, 11) is 1.87. The van der Waals surface area contributed by atoms with Crippen LogP contribution in [0.25, 0.3) is 27.3 Å². The van der Waals surface area contributed by atoms with Gasteiger partial charge in [0.1, 0.15) is 10.8 Å². The van der Waals surface area contributed by atoms with Crippen molar-refractivity contribution in [3.05, 3.63) is 53.3 Å². The third-order valence-corrected chi connectivity index (χ3v) is 7.42. The molecule has 0 atom stereocenters. The lowest BCUT2D eigenvalue weighted by Gasteiger charge is -2.26. The first-order valence-corrected chi connectivity index (χ1v) is 11.9. The van der Waals surface area contributed by atoms with Crippen molar-refractivity contribution in [3.63, 3.8) is 0 Å². The van der Waals surface area contributed by atoms with Gasteiger partial charge in [-0.05, 0) is 49.9 Å². The molecule has 10 heteroatoms. The Labute approximate surface area is 200 Å². The van der Waals surface area contributed by atoms with Gasteiger partial charge in [0.25, 0.3) is 0 Å². The summed E-state index contributed by atoms with van der Waals surface area (Å²) in [4.78, 5) is 15.6. The van der Waals surface area contributed by atoms with E-state index < -0.39 is 6.09 Å². The van der Waals surface area contributed by atoms with Crippen LogP contribution in [0.2, 0.25) is 0 Å². The maximum Gasteiger partial charge on any atom is 0.404 e. The third-order valence-electron chi connectivity index (χ3n) is 6.30. The zero-order valence-electron chi connectivity index (χ0n) is 18.5. The molecule has 1 saturated carbocycles. The second-order valence-corrected chi connectivity index (χ2v) is 9.36. The lowest BCUT2D eigenvalue weighted by atomic mass is 9.86. The van der Waals surface area contributed by atoms with Gasteiger partial charge in [-0.15, -0.1) is 10.2 Å². The molecule has 1 aliphatic rings. The predicted molar refractivity (Wildman–Crippen MR) is 130 cm³/mol. The van der Waals surface area contributed by atoms with Crippen molar-refractivity contribution in [2.24, 2.45) is 0 Å². The summed E-state index contributed by atoms with van der Waals surface area (Å²) in [6.45, 7) is 0. The van der Waals surface area contributed by atoms with Crippen molar-refractivity contribution >= 4 is 34.0 Å². The van der Waals surface area contributed by atoms with Gasteiger partial charge < -0.3 is 20.3 Å². The van der Waals surface area contributed by atoms with Gasteiger partial charge in [-0.1, -0.05) is 11.3 Å². The van der Waals surface area contributed by atoms with Gasteiger partial charge in [0.05, 0.1) is 22.7 Å². The first kappa shape index (κ1) is 21.9. The van der Waals surface area contributed by atoms with Gasteiger partial charge in [0.2, 0.25) is 0 Å². The molecular formula is C24H23N7O2S. The molecule has 172 valence electrons. The number of carboxylic acid groups (broad SMARTS) is 1. The SMILES string of the molecule is CNc1cc(-n2ccc3cc(C#N)ccc32)ncc1-c1nnc([C@H]2CC[C@H](NC(=O)O)CC2)s1. The molecule has 3 N–H and O–H groups in total. The molecule has 1 aromatic carbocycles. The highest BCUT2D eigenvalue weighted by molar-refractivity contribution is 7.14. The zero-order valence-corrected chi connectivity index (χ0v) is 19.3.